The van der Waals surface area contributed by atoms with E-state index in [-0.39, 0.29) is 30.8 Å². The molecule has 0 aliphatic heterocycles. The van der Waals surface area contributed by atoms with Gasteiger partial charge in [0, 0.05) is 6.54 Å². The number of hydrogen-bond acceptors (Lipinski definition) is 3. The summed E-state index contributed by atoms with van der Waals surface area (Å²) >= 11 is 0. The average Bonchev–Trinajstić information content (AvgIpc) is 2.67. The SMILES string of the molecule is CCN(C(=O)CNC(=O)Cc1ccccc1)C(C)c1ccc(C#N)cc1. The van der Waals surface area contributed by atoms with Crippen LogP contribution in [0.4, 0.5) is 0 Å². The third-order valence-electron chi connectivity index (χ3n) is 4.30. The van der Waals surface area contributed by atoms with Crippen LogP contribution in [-0.2, 0) is 16.0 Å². The second-order valence-electron chi connectivity index (χ2n) is 6.03. The number of amides is 2. The molecule has 2 aromatic rings. The zero-order chi connectivity index (χ0) is 18.9. The number of hydrogen-bond donors (Lipinski definition) is 1. The molecule has 1 N–H and O–H groups in total. The van der Waals surface area contributed by atoms with E-state index in [4.69, 9.17) is 5.26 Å². The lowest BCUT2D eigenvalue weighted by atomic mass is 10.0. The zero-order valence-corrected chi connectivity index (χ0v) is 15.1. The second-order valence-corrected chi connectivity index (χ2v) is 6.03. The number of nitrogens with zero attached hydrogens (tertiary/aromatic N) is 2. The lowest BCUT2D eigenvalue weighted by molar-refractivity contribution is -0.134. The topological polar surface area (TPSA) is 73.2 Å². The minimum atomic E-state index is -0.174. The van der Waals surface area contributed by atoms with E-state index in [1.54, 1.807) is 17.0 Å². The van der Waals surface area contributed by atoms with Gasteiger partial charge in [0.15, 0.2) is 0 Å². The molecule has 2 aromatic carbocycles. The van der Waals surface area contributed by atoms with Crippen LogP contribution in [0.5, 0.6) is 0 Å². The highest BCUT2D eigenvalue weighted by atomic mass is 16.2. The molecule has 134 valence electrons. The molecule has 0 heterocycles. The summed E-state index contributed by atoms with van der Waals surface area (Å²) in [6, 6.07) is 18.6. The Morgan fingerprint density at radius 3 is 2.35 bits per heavy atom. The average molecular weight is 349 g/mol. The summed E-state index contributed by atoms with van der Waals surface area (Å²) in [5.41, 5.74) is 2.45. The minimum Gasteiger partial charge on any atom is -0.347 e. The van der Waals surface area contributed by atoms with Crippen LogP contribution in [0.15, 0.2) is 54.6 Å². The minimum absolute atomic E-state index is 0.0277. The Kier molecular flexibility index (Phi) is 6.92. The van der Waals surface area contributed by atoms with Crippen molar-refractivity contribution in [1.29, 1.82) is 5.26 Å². The molecule has 26 heavy (non-hydrogen) atoms. The van der Waals surface area contributed by atoms with Gasteiger partial charge in [0.2, 0.25) is 11.8 Å². The van der Waals surface area contributed by atoms with E-state index in [9.17, 15) is 9.59 Å². The van der Waals surface area contributed by atoms with E-state index >= 15 is 0 Å². The molecule has 0 saturated heterocycles. The van der Waals surface area contributed by atoms with E-state index < -0.39 is 0 Å². The molecule has 2 amide bonds. The zero-order valence-electron chi connectivity index (χ0n) is 15.1. The molecule has 0 fully saturated rings. The Morgan fingerprint density at radius 1 is 1.12 bits per heavy atom. The summed E-state index contributed by atoms with van der Waals surface area (Å²) in [4.78, 5) is 26.3. The van der Waals surface area contributed by atoms with Gasteiger partial charge in [0.1, 0.15) is 0 Å². The van der Waals surface area contributed by atoms with Crippen molar-refractivity contribution < 1.29 is 9.59 Å². The molecule has 1 unspecified atom stereocenters. The summed E-state index contributed by atoms with van der Waals surface area (Å²) in [5.74, 6) is -0.308. The van der Waals surface area contributed by atoms with E-state index in [1.807, 2.05) is 56.3 Å². The molecule has 0 spiro atoms. The number of nitriles is 1. The fourth-order valence-corrected chi connectivity index (χ4v) is 2.80. The van der Waals surface area contributed by atoms with Crippen LogP contribution in [0.25, 0.3) is 0 Å². The van der Waals surface area contributed by atoms with Gasteiger partial charge in [-0.2, -0.15) is 5.26 Å². The normalized spacial score (nSPS) is 11.3. The molecular weight excluding hydrogens is 326 g/mol. The number of benzene rings is 2. The van der Waals surface area contributed by atoms with Crippen LogP contribution >= 0.6 is 0 Å². The van der Waals surface area contributed by atoms with Crippen molar-refractivity contribution in [3.05, 3.63) is 71.3 Å². The quantitative estimate of drug-likeness (QED) is 0.835. The van der Waals surface area contributed by atoms with Crippen molar-refractivity contribution in [3.63, 3.8) is 0 Å². The third-order valence-corrected chi connectivity index (χ3v) is 4.30. The molecule has 1 atom stereocenters. The molecule has 0 radical (unpaired) electrons. The Morgan fingerprint density at radius 2 is 1.77 bits per heavy atom. The Bertz CT molecular complexity index is 779. The molecule has 2 rings (SSSR count). The number of rotatable bonds is 7. The molecule has 0 aliphatic rings. The van der Waals surface area contributed by atoms with Crippen molar-refractivity contribution >= 4 is 11.8 Å². The fourth-order valence-electron chi connectivity index (χ4n) is 2.80. The Hall–Kier alpha value is -3.13. The predicted octanol–water partition coefficient (Wildman–Crippen LogP) is 2.83. The second kappa shape index (κ2) is 9.38. The first-order valence-electron chi connectivity index (χ1n) is 8.65. The molecule has 0 saturated carbocycles. The largest absolute Gasteiger partial charge is 0.347 e. The van der Waals surface area contributed by atoms with Gasteiger partial charge >= 0.3 is 0 Å². The molecule has 5 heteroatoms. The van der Waals surface area contributed by atoms with Crippen LogP contribution in [0.1, 0.15) is 36.6 Å². The first-order chi connectivity index (χ1) is 12.5. The van der Waals surface area contributed by atoms with Crippen LogP contribution in [0, 0.1) is 11.3 Å². The lowest BCUT2D eigenvalue weighted by Gasteiger charge is -2.28. The van der Waals surface area contributed by atoms with Gasteiger partial charge in [-0.1, -0.05) is 42.5 Å². The molecular formula is C21H23N3O2. The van der Waals surface area contributed by atoms with Crippen LogP contribution in [0.2, 0.25) is 0 Å². The lowest BCUT2D eigenvalue weighted by Crippen LogP contribution is -2.41. The van der Waals surface area contributed by atoms with Crippen molar-refractivity contribution in [2.75, 3.05) is 13.1 Å². The summed E-state index contributed by atoms with van der Waals surface area (Å²) in [7, 11) is 0. The number of likely N-dealkylation sites (N-methyl/N-ethyl adjacent to an activating group) is 1. The van der Waals surface area contributed by atoms with Gasteiger partial charge < -0.3 is 10.2 Å². The predicted molar refractivity (Wildman–Crippen MR) is 100 cm³/mol. The number of carbonyl (C=O) groups excluding carboxylic acids is 2. The highest BCUT2D eigenvalue weighted by Crippen LogP contribution is 2.20. The van der Waals surface area contributed by atoms with Crippen LogP contribution < -0.4 is 5.32 Å². The maximum atomic E-state index is 12.5. The van der Waals surface area contributed by atoms with Gasteiger partial charge in [-0.15, -0.1) is 0 Å². The van der Waals surface area contributed by atoms with Gasteiger partial charge in [-0.25, -0.2) is 0 Å². The number of nitrogens with one attached hydrogen (secondary N) is 1. The molecule has 0 bridgehead atoms. The Balaban J connectivity index is 1.92. The smallest absolute Gasteiger partial charge is 0.242 e. The van der Waals surface area contributed by atoms with Crippen LogP contribution in [0.3, 0.4) is 0 Å². The van der Waals surface area contributed by atoms with E-state index in [0.717, 1.165) is 11.1 Å². The maximum absolute atomic E-state index is 12.5. The monoisotopic (exact) mass is 349 g/mol. The highest BCUT2D eigenvalue weighted by Gasteiger charge is 2.20. The fraction of sp³-hybridized carbons (Fsp3) is 0.286. The molecule has 0 aliphatic carbocycles. The first-order valence-corrected chi connectivity index (χ1v) is 8.65. The third kappa shape index (κ3) is 5.18. The number of carbonyl (C=O) groups is 2. The van der Waals surface area contributed by atoms with E-state index in [2.05, 4.69) is 11.4 Å². The summed E-state index contributed by atoms with van der Waals surface area (Å²) < 4.78 is 0. The van der Waals surface area contributed by atoms with Crippen molar-refractivity contribution in [2.45, 2.75) is 26.3 Å². The first kappa shape index (κ1) is 19.2. The van der Waals surface area contributed by atoms with Gasteiger partial charge in [0.05, 0.1) is 30.6 Å². The Labute approximate surface area is 154 Å². The standard InChI is InChI=1S/C21H23N3O2/c1-3-24(16(2)19-11-9-18(14-22)10-12-19)21(26)15-23-20(25)13-17-7-5-4-6-8-17/h4-12,16H,3,13,15H2,1-2H3,(H,23,25). The molecule has 0 aromatic heterocycles. The van der Waals surface area contributed by atoms with E-state index in [0.29, 0.717) is 12.1 Å². The van der Waals surface area contributed by atoms with Gasteiger partial charge in [-0.3, -0.25) is 9.59 Å². The van der Waals surface area contributed by atoms with Crippen LogP contribution in [-0.4, -0.2) is 29.8 Å². The van der Waals surface area contributed by atoms with Crippen molar-refractivity contribution in [1.82, 2.24) is 10.2 Å². The van der Waals surface area contributed by atoms with Gasteiger partial charge in [-0.05, 0) is 37.1 Å². The highest BCUT2D eigenvalue weighted by molar-refractivity contribution is 5.86. The van der Waals surface area contributed by atoms with E-state index in [1.165, 1.54) is 0 Å². The van der Waals surface area contributed by atoms with Gasteiger partial charge in [0.25, 0.3) is 0 Å². The van der Waals surface area contributed by atoms with Crippen molar-refractivity contribution in [3.8, 4) is 6.07 Å². The summed E-state index contributed by atoms with van der Waals surface area (Å²) in [6.07, 6.45) is 0.255. The molecule has 5 nitrogen and oxygen atoms in total. The summed E-state index contributed by atoms with van der Waals surface area (Å²) in [5, 5.41) is 11.6. The maximum Gasteiger partial charge on any atom is 0.242 e. The van der Waals surface area contributed by atoms with Crippen molar-refractivity contribution in [2.24, 2.45) is 0 Å². The summed E-state index contributed by atoms with van der Waals surface area (Å²) in [6.45, 7) is 4.35.